The zero-order valence-corrected chi connectivity index (χ0v) is 12.3. The maximum absolute atomic E-state index is 13.2. The Kier molecular flexibility index (Phi) is 4.36. The van der Waals surface area contributed by atoms with E-state index in [0.717, 1.165) is 18.2 Å². The Morgan fingerprint density at radius 3 is 2.38 bits per heavy atom. The number of rotatable bonds is 3. The number of benzene rings is 1. The average molecular weight is 364 g/mol. The van der Waals surface area contributed by atoms with Crippen LogP contribution in [0.5, 0.6) is 0 Å². The van der Waals surface area contributed by atoms with Crippen molar-refractivity contribution in [2.45, 2.75) is 6.18 Å². The van der Waals surface area contributed by atoms with Crippen LogP contribution in [0.25, 0.3) is 0 Å². The van der Waals surface area contributed by atoms with Crippen molar-refractivity contribution in [1.82, 2.24) is 4.98 Å². The molecule has 1 aromatic carbocycles. The molecule has 1 heterocycles. The van der Waals surface area contributed by atoms with E-state index in [1.54, 1.807) is 0 Å². The van der Waals surface area contributed by atoms with E-state index in [-0.39, 0.29) is 17.3 Å². The molecule has 3 nitrogen and oxygen atoms in total. The number of hydrogen-bond donors (Lipinski definition) is 2. The first-order chi connectivity index (χ1) is 9.79. The lowest BCUT2D eigenvalue weighted by Crippen LogP contribution is -2.08. The maximum atomic E-state index is 13.2. The molecule has 0 spiro atoms. The second-order valence-corrected chi connectivity index (χ2v) is 4.98. The fourth-order valence-electron chi connectivity index (χ4n) is 1.62. The van der Waals surface area contributed by atoms with Crippen molar-refractivity contribution in [2.75, 3.05) is 17.7 Å². The van der Waals surface area contributed by atoms with Crippen molar-refractivity contribution >= 4 is 33.3 Å². The summed E-state index contributed by atoms with van der Waals surface area (Å²) in [4.78, 5) is 3.97. The van der Waals surface area contributed by atoms with E-state index in [4.69, 9.17) is 0 Å². The molecule has 0 saturated heterocycles. The van der Waals surface area contributed by atoms with Crippen LogP contribution in [0.3, 0.4) is 0 Å². The van der Waals surface area contributed by atoms with Gasteiger partial charge in [-0.25, -0.2) is 9.37 Å². The zero-order valence-electron chi connectivity index (χ0n) is 10.7. The molecule has 0 aliphatic carbocycles. The highest BCUT2D eigenvalue weighted by Gasteiger charge is 2.31. The first-order valence-electron chi connectivity index (χ1n) is 5.78. The summed E-state index contributed by atoms with van der Waals surface area (Å²) in [6, 6.07) is 5.59. The van der Waals surface area contributed by atoms with Gasteiger partial charge in [-0.3, -0.25) is 0 Å². The van der Waals surface area contributed by atoms with Crippen LogP contribution in [0.1, 0.15) is 5.56 Å². The van der Waals surface area contributed by atoms with Crippen LogP contribution in [0, 0.1) is 5.82 Å². The van der Waals surface area contributed by atoms with Crippen LogP contribution in [0.15, 0.2) is 34.8 Å². The Morgan fingerprint density at radius 1 is 1.10 bits per heavy atom. The quantitative estimate of drug-likeness (QED) is 0.770. The van der Waals surface area contributed by atoms with E-state index in [9.17, 15) is 17.6 Å². The Labute approximate surface area is 126 Å². The van der Waals surface area contributed by atoms with Crippen molar-refractivity contribution in [3.8, 4) is 0 Å². The van der Waals surface area contributed by atoms with Gasteiger partial charge in [0.15, 0.2) is 0 Å². The molecule has 0 aliphatic heterocycles. The molecule has 0 atom stereocenters. The van der Waals surface area contributed by atoms with Gasteiger partial charge >= 0.3 is 6.18 Å². The highest BCUT2D eigenvalue weighted by molar-refractivity contribution is 9.10. The second kappa shape index (κ2) is 5.88. The summed E-state index contributed by atoms with van der Waals surface area (Å²) in [5.74, 6) is -0.498. The maximum Gasteiger partial charge on any atom is 0.416 e. The molecule has 0 unspecified atom stereocenters. The van der Waals surface area contributed by atoms with Gasteiger partial charge in [-0.2, -0.15) is 13.2 Å². The molecule has 1 aromatic heterocycles. The Bertz CT molecular complexity index is 658. The van der Waals surface area contributed by atoms with E-state index in [2.05, 4.69) is 31.5 Å². The molecule has 0 radical (unpaired) electrons. The molecule has 0 saturated carbocycles. The molecule has 112 valence electrons. The minimum absolute atomic E-state index is 0.0412. The highest BCUT2D eigenvalue weighted by atomic mass is 79.9. The lowest BCUT2D eigenvalue weighted by Gasteiger charge is -2.13. The van der Waals surface area contributed by atoms with Gasteiger partial charge in [0, 0.05) is 11.5 Å². The monoisotopic (exact) mass is 363 g/mol. The molecular formula is C13H10BrF4N3. The van der Waals surface area contributed by atoms with E-state index in [0.29, 0.717) is 4.47 Å². The molecule has 2 rings (SSSR count). The van der Waals surface area contributed by atoms with E-state index >= 15 is 0 Å². The topological polar surface area (TPSA) is 37.0 Å². The molecule has 0 fully saturated rings. The fraction of sp³-hybridized carbons (Fsp3) is 0.154. The summed E-state index contributed by atoms with van der Waals surface area (Å²) in [6.07, 6.45) is -4.50. The van der Waals surface area contributed by atoms with Gasteiger partial charge in [-0.1, -0.05) is 0 Å². The third-order valence-electron chi connectivity index (χ3n) is 2.60. The predicted octanol–water partition coefficient (Wildman–Crippen LogP) is 4.79. The van der Waals surface area contributed by atoms with Gasteiger partial charge in [-0.05, 0) is 46.3 Å². The van der Waals surface area contributed by atoms with Gasteiger partial charge in [0.2, 0.25) is 0 Å². The number of anilines is 3. The zero-order chi connectivity index (χ0) is 15.6. The minimum atomic E-state index is -4.50. The van der Waals surface area contributed by atoms with Crippen LogP contribution >= 0.6 is 15.9 Å². The first kappa shape index (κ1) is 15.6. The summed E-state index contributed by atoms with van der Waals surface area (Å²) in [5, 5.41) is 5.22. The average Bonchev–Trinajstić information content (AvgIpc) is 2.41. The molecular weight excluding hydrogens is 354 g/mol. The Hall–Kier alpha value is -1.83. The normalized spacial score (nSPS) is 11.3. The number of aromatic nitrogens is 1. The van der Waals surface area contributed by atoms with Gasteiger partial charge in [0.1, 0.15) is 17.5 Å². The number of pyridine rings is 1. The van der Waals surface area contributed by atoms with Gasteiger partial charge in [0.25, 0.3) is 0 Å². The lowest BCUT2D eigenvalue weighted by molar-refractivity contribution is -0.137. The molecule has 21 heavy (non-hydrogen) atoms. The number of hydrogen-bond acceptors (Lipinski definition) is 3. The van der Waals surface area contributed by atoms with Crippen LogP contribution in [-0.4, -0.2) is 12.0 Å². The van der Waals surface area contributed by atoms with E-state index in [1.165, 1.54) is 19.2 Å². The third-order valence-corrected chi connectivity index (χ3v) is 3.29. The SMILES string of the molecule is CNc1cc(C(F)(F)F)cc(Nc2cc(F)ccc2Br)n1. The van der Waals surface area contributed by atoms with Crippen molar-refractivity contribution in [3.05, 3.63) is 46.2 Å². The number of halogens is 5. The van der Waals surface area contributed by atoms with Crippen LogP contribution in [0.4, 0.5) is 34.9 Å². The molecule has 0 bridgehead atoms. The molecule has 0 aliphatic rings. The second-order valence-electron chi connectivity index (χ2n) is 4.12. The van der Waals surface area contributed by atoms with Gasteiger partial charge < -0.3 is 10.6 Å². The van der Waals surface area contributed by atoms with E-state index < -0.39 is 17.6 Å². The first-order valence-corrected chi connectivity index (χ1v) is 6.58. The highest BCUT2D eigenvalue weighted by Crippen LogP contribution is 2.33. The smallest absolute Gasteiger partial charge is 0.373 e. The largest absolute Gasteiger partial charge is 0.416 e. The van der Waals surface area contributed by atoms with Crippen molar-refractivity contribution in [3.63, 3.8) is 0 Å². The van der Waals surface area contributed by atoms with E-state index in [1.807, 2.05) is 0 Å². The number of nitrogens with one attached hydrogen (secondary N) is 2. The van der Waals surface area contributed by atoms with Crippen molar-refractivity contribution < 1.29 is 17.6 Å². The summed E-state index contributed by atoms with van der Waals surface area (Å²) in [7, 11) is 1.46. The molecule has 2 N–H and O–H groups in total. The third kappa shape index (κ3) is 3.84. The van der Waals surface area contributed by atoms with Crippen LogP contribution in [0.2, 0.25) is 0 Å². The molecule has 0 amide bonds. The van der Waals surface area contributed by atoms with Gasteiger partial charge in [-0.15, -0.1) is 0 Å². The van der Waals surface area contributed by atoms with Crippen LogP contribution < -0.4 is 10.6 Å². The Morgan fingerprint density at radius 2 is 1.76 bits per heavy atom. The summed E-state index contributed by atoms with van der Waals surface area (Å²) < 4.78 is 52.1. The summed E-state index contributed by atoms with van der Waals surface area (Å²) in [6.45, 7) is 0. The number of alkyl halides is 3. The van der Waals surface area contributed by atoms with Crippen LogP contribution in [-0.2, 0) is 6.18 Å². The summed E-state index contributed by atoms with van der Waals surface area (Å²) in [5.41, 5.74) is -0.569. The van der Waals surface area contributed by atoms with Crippen molar-refractivity contribution in [2.24, 2.45) is 0 Å². The van der Waals surface area contributed by atoms with Crippen molar-refractivity contribution in [1.29, 1.82) is 0 Å². The Balaban J connectivity index is 2.42. The van der Waals surface area contributed by atoms with Gasteiger partial charge in [0.05, 0.1) is 11.3 Å². The molecule has 8 heteroatoms. The number of nitrogens with zero attached hydrogens (tertiary/aromatic N) is 1. The predicted molar refractivity (Wildman–Crippen MR) is 76.2 cm³/mol. The molecule has 2 aromatic rings. The summed E-state index contributed by atoms with van der Waals surface area (Å²) >= 11 is 3.19. The lowest BCUT2D eigenvalue weighted by atomic mass is 10.2. The standard InChI is InChI=1S/C13H10BrF4N3/c1-19-11-4-7(13(16,17)18)5-12(21-11)20-10-6-8(15)2-3-9(10)14/h2-6H,1H3,(H2,19,20,21). The minimum Gasteiger partial charge on any atom is -0.373 e. The fourth-order valence-corrected chi connectivity index (χ4v) is 1.96.